The normalized spacial score (nSPS) is 14.3. The van der Waals surface area contributed by atoms with Crippen LogP contribution in [0.3, 0.4) is 0 Å². The first-order chi connectivity index (χ1) is 10.4. The molecule has 1 unspecified atom stereocenters. The van der Waals surface area contributed by atoms with Gasteiger partial charge in [0.05, 0.1) is 12.7 Å². The summed E-state index contributed by atoms with van der Waals surface area (Å²) in [6.07, 6.45) is 0.0162. The summed E-state index contributed by atoms with van der Waals surface area (Å²) in [6, 6.07) is 4.99. The molecule has 0 radical (unpaired) electrons. The molecule has 1 atom stereocenters. The third-order valence-corrected chi connectivity index (χ3v) is 3.05. The van der Waals surface area contributed by atoms with Crippen molar-refractivity contribution in [1.82, 2.24) is 0 Å². The Kier molecular flexibility index (Phi) is 6.52. The highest BCUT2D eigenvalue weighted by Gasteiger charge is 2.17. The lowest BCUT2D eigenvalue weighted by Crippen LogP contribution is -2.21. The highest BCUT2D eigenvalue weighted by atomic mass is 16.5. The van der Waals surface area contributed by atoms with Gasteiger partial charge >= 0.3 is 0 Å². The summed E-state index contributed by atoms with van der Waals surface area (Å²) in [4.78, 5) is 3.73. The molecule has 0 aromatic heterocycles. The molecule has 0 amide bonds. The van der Waals surface area contributed by atoms with Crippen molar-refractivity contribution in [2.75, 3.05) is 13.8 Å². The van der Waals surface area contributed by atoms with Gasteiger partial charge in [-0.3, -0.25) is 0 Å². The average molecular weight is 309 g/mol. The third kappa shape index (κ3) is 4.29. The molecule has 0 heterocycles. The Morgan fingerprint density at radius 3 is 2.55 bits per heavy atom. The van der Waals surface area contributed by atoms with Crippen molar-refractivity contribution in [2.24, 2.45) is 16.5 Å². The fourth-order valence-corrected chi connectivity index (χ4v) is 1.87. The maximum absolute atomic E-state index is 9.92. The summed E-state index contributed by atoms with van der Waals surface area (Å²) < 4.78 is 11.0. The van der Waals surface area contributed by atoms with Crippen molar-refractivity contribution in [3.8, 4) is 11.5 Å². The number of aliphatic imine (C=N–C) groups is 1. The molecule has 7 nitrogen and oxygen atoms in total. The number of ether oxygens (including phenoxy) is 2. The number of nitrogens with two attached hydrogens (primary N) is 2. The predicted octanol–water partition coefficient (Wildman–Crippen LogP) is 1.26. The van der Waals surface area contributed by atoms with Crippen molar-refractivity contribution in [3.63, 3.8) is 0 Å². The SMILES string of the molecule is CCC(Oc1ccc(/C(N)=N/CO)c(OC)c1)/C(O)=C(\C)N. The van der Waals surface area contributed by atoms with E-state index in [9.17, 15) is 5.11 Å². The Bertz CT molecular complexity index is 566. The largest absolute Gasteiger partial charge is 0.507 e. The Hall–Kier alpha value is -2.41. The molecule has 22 heavy (non-hydrogen) atoms. The van der Waals surface area contributed by atoms with Gasteiger partial charge in [-0.1, -0.05) is 6.92 Å². The second-order valence-electron chi connectivity index (χ2n) is 4.63. The van der Waals surface area contributed by atoms with Crippen LogP contribution in [-0.4, -0.2) is 36.0 Å². The Morgan fingerprint density at radius 1 is 1.36 bits per heavy atom. The average Bonchev–Trinajstić information content (AvgIpc) is 2.51. The number of allylic oxidation sites excluding steroid dienone is 1. The number of nitrogens with zero attached hydrogens (tertiary/aromatic N) is 1. The Labute approximate surface area is 129 Å². The van der Waals surface area contributed by atoms with E-state index in [0.717, 1.165) is 0 Å². The summed E-state index contributed by atoms with van der Waals surface area (Å²) in [5.41, 5.74) is 12.2. The van der Waals surface area contributed by atoms with Crippen molar-refractivity contribution in [3.05, 3.63) is 35.2 Å². The third-order valence-electron chi connectivity index (χ3n) is 3.05. The van der Waals surface area contributed by atoms with Crippen molar-refractivity contribution in [1.29, 1.82) is 0 Å². The Balaban J connectivity index is 3.08. The minimum Gasteiger partial charge on any atom is -0.507 e. The molecule has 122 valence electrons. The number of amidine groups is 1. The Morgan fingerprint density at radius 2 is 2.05 bits per heavy atom. The van der Waals surface area contributed by atoms with Crippen LogP contribution < -0.4 is 20.9 Å². The quantitative estimate of drug-likeness (QED) is 0.341. The molecule has 0 aliphatic heterocycles. The molecular weight excluding hydrogens is 286 g/mol. The van der Waals surface area contributed by atoms with E-state index < -0.39 is 12.8 Å². The molecule has 1 rings (SSSR count). The minimum atomic E-state index is -0.538. The van der Waals surface area contributed by atoms with E-state index in [0.29, 0.717) is 29.2 Å². The lowest BCUT2D eigenvalue weighted by molar-refractivity contribution is 0.168. The topological polar surface area (TPSA) is 123 Å². The molecule has 7 heteroatoms. The summed E-state index contributed by atoms with van der Waals surface area (Å²) in [7, 11) is 1.49. The second-order valence-corrected chi connectivity index (χ2v) is 4.63. The van der Waals surface area contributed by atoms with Crippen LogP contribution in [-0.2, 0) is 0 Å². The molecule has 0 aliphatic carbocycles. The number of benzene rings is 1. The highest BCUT2D eigenvalue weighted by molar-refractivity contribution is 6.00. The van der Waals surface area contributed by atoms with Crippen molar-refractivity contribution < 1.29 is 19.7 Å². The number of aliphatic hydroxyl groups excluding tert-OH is 2. The van der Waals surface area contributed by atoms with Gasteiger partial charge in [0.1, 0.15) is 24.1 Å². The number of aliphatic hydroxyl groups is 2. The molecule has 0 bridgehead atoms. The summed E-state index contributed by atoms with van der Waals surface area (Å²) in [6.45, 7) is 3.08. The predicted molar refractivity (Wildman–Crippen MR) is 85.0 cm³/mol. The zero-order chi connectivity index (χ0) is 16.7. The summed E-state index contributed by atoms with van der Waals surface area (Å²) in [5.74, 6) is 1.12. The molecule has 6 N–H and O–H groups in total. The van der Waals surface area contributed by atoms with E-state index in [1.165, 1.54) is 7.11 Å². The standard InChI is InChI=1S/C15H23N3O4/c1-4-12(14(20)9(2)16)22-10-5-6-11(13(7-10)21-3)15(17)18-8-19/h5-7,12,19-20H,4,8,16H2,1-3H3,(H2,17,18)/b14-9-. The molecule has 0 fully saturated rings. The van der Waals surface area contributed by atoms with Gasteiger partial charge in [-0.25, -0.2) is 4.99 Å². The van der Waals surface area contributed by atoms with Gasteiger partial charge in [0.15, 0.2) is 11.9 Å². The summed E-state index contributed by atoms with van der Waals surface area (Å²) >= 11 is 0. The molecule has 0 saturated carbocycles. The van der Waals surface area contributed by atoms with E-state index in [4.69, 9.17) is 26.0 Å². The van der Waals surface area contributed by atoms with Gasteiger partial charge in [-0.05, 0) is 25.5 Å². The van der Waals surface area contributed by atoms with Gasteiger partial charge in [-0.15, -0.1) is 0 Å². The van der Waals surface area contributed by atoms with Gasteiger partial charge in [0, 0.05) is 11.8 Å². The molecule has 0 aliphatic rings. The van der Waals surface area contributed by atoms with Crippen molar-refractivity contribution in [2.45, 2.75) is 26.4 Å². The first kappa shape index (κ1) is 17.6. The fourth-order valence-electron chi connectivity index (χ4n) is 1.87. The van der Waals surface area contributed by atoms with Gasteiger partial charge in [0.2, 0.25) is 0 Å². The van der Waals surface area contributed by atoms with E-state index in [2.05, 4.69) is 4.99 Å². The molecule has 0 saturated heterocycles. The lowest BCUT2D eigenvalue weighted by atomic mass is 10.1. The van der Waals surface area contributed by atoms with Crippen LogP contribution in [0.25, 0.3) is 0 Å². The van der Waals surface area contributed by atoms with Crippen LogP contribution in [0.4, 0.5) is 0 Å². The fraction of sp³-hybridized carbons (Fsp3) is 0.400. The highest BCUT2D eigenvalue weighted by Crippen LogP contribution is 2.26. The van der Waals surface area contributed by atoms with E-state index >= 15 is 0 Å². The molecule has 0 spiro atoms. The second kappa shape index (κ2) is 8.14. The van der Waals surface area contributed by atoms with E-state index in [1.807, 2.05) is 6.92 Å². The minimum absolute atomic E-state index is 0.00639. The van der Waals surface area contributed by atoms with Crippen LogP contribution in [0, 0.1) is 0 Å². The first-order valence-electron chi connectivity index (χ1n) is 6.85. The van der Waals surface area contributed by atoms with E-state index in [1.54, 1.807) is 25.1 Å². The number of hydrogen-bond donors (Lipinski definition) is 4. The van der Waals surface area contributed by atoms with Crippen LogP contribution in [0.5, 0.6) is 11.5 Å². The molecular formula is C15H23N3O4. The van der Waals surface area contributed by atoms with Crippen LogP contribution in [0.1, 0.15) is 25.8 Å². The summed E-state index contributed by atoms with van der Waals surface area (Å²) in [5, 5.41) is 18.7. The number of rotatable bonds is 7. The maximum Gasteiger partial charge on any atom is 0.157 e. The van der Waals surface area contributed by atoms with Crippen LogP contribution >= 0.6 is 0 Å². The van der Waals surface area contributed by atoms with Crippen LogP contribution in [0.2, 0.25) is 0 Å². The zero-order valence-corrected chi connectivity index (χ0v) is 13.0. The van der Waals surface area contributed by atoms with Crippen LogP contribution in [0.15, 0.2) is 34.6 Å². The first-order valence-corrected chi connectivity index (χ1v) is 6.85. The van der Waals surface area contributed by atoms with Crippen molar-refractivity contribution >= 4 is 5.84 Å². The van der Waals surface area contributed by atoms with Gasteiger partial charge < -0.3 is 31.2 Å². The number of hydrogen-bond acceptors (Lipinski definition) is 6. The zero-order valence-electron chi connectivity index (χ0n) is 13.0. The molecule has 1 aromatic carbocycles. The van der Waals surface area contributed by atoms with Gasteiger partial charge in [-0.2, -0.15) is 0 Å². The number of methoxy groups -OCH3 is 1. The maximum atomic E-state index is 9.92. The van der Waals surface area contributed by atoms with E-state index in [-0.39, 0.29) is 11.6 Å². The van der Waals surface area contributed by atoms with Gasteiger partial charge in [0.25, 0.3) is 0 Å². The lowest BCUT2D eigenvalue weighted by Gasteiger charge is -2.19. The smallest absolute Gasteiger partial charge is 0.157 e. The molecule has 1 aromatic rings. The monoisotopic (exact) mass is 309 g/mol.